The second kappa shape index (κ2) is 6.30. The van der Waals surface area contributed by atoms with Gasteiger partial charge >= 0.3 is 12.8 Å². The zero-order valence-corrected chi connectivity index (χ0v) is 16.1. The summed E-state index contributed by atoms with van der Waals surface area (Å²) < 4.78 is 71.6. The molecule has 0 N–H and O–H groups in total. The van der Waals surface area contributed by atoms with Crippen LogP contribution >= 0.6 is 0 Å². The van der Waals surface area contributed by atoms with E-state index in [1.165, 1.54) is 11.0 Å². The van der Waals surface area contributed by atoms with Crippen molar-refractivity contribution in [2.75, 3.05) is 4.90 Å². The summed E-state index contributed by atoms with van der Waals surface area (Å²) in [5.74, 6) is -0.989. The molecule has 0 atom stereocenters. The molecule has 1 aromatic carbocycles. The van der Waals surface area contributed by atoms with Crippen LogP contribution in [-0.2, 0) is 10.5 Å². The number of anilines is 1. The summed E-state index contributed by atoms with van der Waals surface area (Å²) in [5.41, 5.74) is -2.70. The van der Waals surface area contributed by atoms with Crippen molar-refractivity contribution >= 4 is 22.9 Å². The van der Waals surface area contributed by atoms with Gasteiger partial charge in [-0.3, -0.25) is 14.3 Å². The number of carbonyl (C=O) groups excluding carboxylic acids is 1. The average molecular weight is 428 g/mol. The first-order chi connectivity index (χ1) is 13.9. The molecule has 0 radical (unpaired) electrons. The van der Waals surface area contributed by atoms with E-state index in [1.54, 1.807) is 4.57 Å². The number of aromatic nitrogens is 2. The van der Waals surface area contributed by atoms with Crippen molar-refractivity contribution in [1.82, 2.24) is 9.55 Å². The highest BCUT2D eigenvalue weighted by Crippen LogP contribution is 2.56. The first-order valence-electron chi connectivity index (χ1n) is 9.23. The molecule has 11 heteroatoms. The van der Waals surface area contributed by atoms with Gasteiger partial charge in [-0.1, -0.05) is 13.8 Å². The third-order valence-electron chi connectivity index (χ3n) is 5.85. The molecule has 0 saturated heterocycles. The van der Waals surface area contributed by atoms with Crippen LogP contribution < -0.4 is 9.64 Å². The molecule has 0 bridgehead atoms. The molecular formula is C19H17F5N4O2. The van der Waals surface area contributed by atoms with Crippen molar-refractivity contribution in [2.45, 2.75) is 58.0 Å². The lowest BCUT2D eigenvalue weighted by molar-refractivity contribution is -0.214. The Labute approximate surface area is 167 Å². The minimum absolute atomic E-state index is 0.0287. The molecule has 2 aromatic rings. The van der Waals surface area contributed by atoms with Crippen LogP contribution in [0.2, 0.25) is 0 Å². The first kappa shape index (κ1) is 20.4. The number of nitrogens with zero attached hydrogens (tertiary/aromatic N) is 4. The van der Waals surface area contributed by atoms with Crippen LogP contribution in [0.15, 0.2) is 12.1 Å². The van der Waals surface area contributed by atoms with Crippen molar-refractivity contribution in [2.24, 2.45) is 5.41 Å². The summed E-state index contributed by atoms with van der Waals surface area (Å²) in [5, 5.41) is 9.22. The molecule has 2 heterocycles. The van der Waals surface area contributed by atoms with E-state index in [0.29, 0.717) is 18.4 Å². The Morgan fingerprint density at radius 2 is 2.00 bits per heavy atom. The Hall–Kier alpha value is -2.90. The van der Waals surface area contributed by atoms with Crippen molar-refractivity contribution in [3.63, 3.8) is 0 Å². The fourth-order valence-electron chi connectivity index (χ4n) is 4.03. The third kappa shape index (κ3) is 2.73. The number of imidazole rings is 1. The van der Waals surface area contributed by atoms with E-state index in [1.807, 2.05) is 6.07 Å². The van der Waals surface area contributed by atoms with Gasteiger partial charge in [0.1, 0.15) is 11.2 Å². The predicted octanol–water partition coefficient (Wildman–Crippen LogP) is 4.67. The fourth-order valence-corrected chi connectivity index (χ4v) is 4.03. The van der Waals surface area contributed by atoms with E-state index >= 15 is 0 Å². The van der Waals surface area contributed by atoms with E-state index in [-0.39, 0.29) is 22.8 Å². The number of benzene rings is 1. The van der Waals surface area contributed by atoms with Gasteiger partial charge in [-0.25, -0.2) is 4.98 Å². The number of halogens is 5. The van der Waals surface area contributed by atoms with Gasteiger partial charge in [0.2, 0.25) is 11.9 Å². The molecular weight excluding hydrogens is 411 g/mol. The number of alkyl halides is 5. The van der Waals surface area contributed by atoms with E-state index in [9.17, 15) is 32.0 Å². The molecule has 2 aliphatic rings. The van der Waals surface area contributed by atoms with Crippen LogP contribution in [0.25, 0.3) is 11.0 Å². The van der Waals surface area contributed by atoms with E-state index in [2.05, 4.69) is 9.72 Å². The summed E-state index contributed by atoms with van der Waals surface area (Å²) in [6, 6.07) is 4.44. The lowest BCUT2D eigenvalue weighted by Crippen LogP contribution is -2.66. The Bertz CT molecular complexity index is 1080. The van der Waals surface area contributed by atoms with Gasteiger partial charge in [0.25, 0.3) is 0 Å². The molecule has 30 heavy (non-hydrogen) atoms. The number of hydrogen-bond acceptors (Lipinski definition) is 4. The topological polar surface area (TPSA) is 71.2 Å². The number of nitriles is 1. The summed E-state index contributed by atoms with van der Waals surface area (Å²) in [7, 11) is 0. The van der Waals surface area contributed by atoms with Crippen molar-refractivity contribution in [1.29, 1.82) is 5.26 Å². The second-order valence-electron chi connectivity index (χ2n) is 8.20. The molecule has 160 valence electrons. The molecule has 1 aliphatic carbocycles. The molecule has 1 spiro atoms. The number of ether oxygens (including phenoxy) is 1. The molecule has 0 unspecified atom stereocenters. The SMILES string of the molecule is CC(C)(CC(=O)N1c2nc3c(OC(F)F)cc(C#N)cc3n2C12CCC2)C(F)(F)F. The summed E-state index contributed by atoms with van der Waals surface area (Å²) in [4.78, 5) is 18.3. The molecule has 1 saturated carbocycles. The summed E-state index contributed by atoms with van der Waals surface area (Å²) >= 11 is 0. The van der Waals surface area contributed by atoms with Crippen LogP contribution in [0, 0.1) is 16.7 Å². The lowest BCUT2D eigenvalue weighted by atomic mass is 9.78. The van der Waals surface area contributed by atoms with Gasteiger partial charge in [-0.15, -0.1) is 0 Å². The smallest absolute Gasteiger partial charge is 0.394 e. The second-order valence-corrected chi connectivity index (χ2v) is 8.20. The highest BCUT2D eigenvalue weighted by Gasteiger charge is 2.60. The van der Waals surface area contributed by atoms with Gasteiger partial charge in [0, 0.05) is 12.5 Å². The number of carbonyl (C=O) groups is 1. The van der Waals surface area contributed by atoms with Gasteiger partial charge in [0.05, 0.1) is 22.6 Å². The van der Waals surface area contributed by atoms with Crippen LogP contribution in [0.3, 0.4) is 0 Å². The number of hydrogen-bond donors (Lipinski definition) is 0. The Morgan fingerprint density at radius 3 is 2.50 bits per heavy atom. The van der Waals surface area contributed by atoms with Gasteiger partial charge in [-0.2, -0.15) is 27.2 Å². The number of fused-ring (bicyclic) bond motifs is 4. The first-order valence-corrected chi connectivity index (χ1v) is 9.23. The largest absolute Gasteiger partial charge is 0.432 e. The van der Waals surface area contributed by atoms with Crippen molar-refractivity contribution < 1.29 is 31.5 Å². The zero-order chi connectivity index (χ0) is 22.1. The van der Waals surface area contributed by atoms with Crippen LogP contribution in [0.5, 0.6) is 5.75 Å². The predicted molar refractivity (Wildman–Crippen MR) is 94.8 cm³/mol. The monoisotopic (exact) mass is 428 g/mol. The minimum atomic E-state index is -4.57. The number of amides is 1. The molecule has 1 amide bonds. The standard InChI is InChI=1S/C19H17F5N4O2/c1-17(2,19(22,23)24)8-13(29)28-16-26-14-11(27(16)18(28)4-3-5-18)6-10(9-25)7-12(14)30-15(20)21/h6-7,15H,3-5,8H2,1-2H3. The van der Waals surface area contributed by atoms with E-state index < -0.39 is 36.2 Å². The van der Waals surface area contributed by atoms with Crippen LogP contribution in [0.1, 0.15) is 45.1 Å². The molecule has 4 rings (SSSR count). The molecule has 6 nitrogen and oxygen atoms in total. The van der Waals surface area contributed by atoms with Gasteiger partial charge < -0.3 is 4.74 Å². The summed E-state index contributed by atoms with van der Waals surface area (Å²) in [6.07, 6.45) is -3.62. The van der Waals surface area contributed by atoms with E-state index in [0.717, 1.165) is 26.3 Å². The maximum atomic E-state index is 13.3. The van der Waals surface area contributed by atoms with E-state index in [4.69, 9.17) is 0 Å². The molecule has 1 fully saturated rings. The Morgan fingerprint density at radius 1 is 1.33 bits per heavy atom. The highest BCUT2D eigenvalue weighted by atomic mass is 19.4. The van der Waals surface area contributed by atoms with Crippen molar-refractivity contribution in [3.8, 4) is 11.8 Å². The number of rotatable bonds is 4. The normalized spacial score (nSPS) is 17.5. The molecule has 1 aliphatic heterocycles. The van der Waals surface area contributed by atoms with Gasteiger partial charge in [0.15, 0.2) is 5.75 Å². The lowest BCUT2D eigenvalue weighted by Gasteiger charge is -2.58. The summed E-state index contributed by atoms with van der Waals surface area (Å²) in [6.45, 7) is -1.25. The quantitative estimate of drug-likeness (QED) is 0.664. The Kier molecular flexibility index (Phi) is 4.28. The van der Waals surface area contributed by atoms with Gasteiger partial charge in [-0.05, 0) is 25.3 Å². The Balaban J connectivity index is 1.81. The van der Waals surface area contributed by atoms with Crippen LogP contribution in [0.4, 0.5) is 27.9 Å². The average Bonchev–Trinajstić information content (AvgIpc) is 2.86. The maximum Gasteiger partial charge on any atom is 0.394 e. The minimum Gasteiger partial charge on any atom is -0.432 e. The highest BCUT2D eigenvalue weighted by molar-refractivity contribution is 6.00. The zero-order valence-electron chi connectivity index (χ0n) is 16.1. The van der Waals surface area contributed by atoms with Crippen LogP contribution in [-0.4, -0.2) is 28.2 Å². The maximum absolute atomic E-state index is 13.3. The fraction of sp³-hybridized carbons (Fsp3) is 0.526. The van der Waals surface area contributed by atoms with Crippen molar-refractivity contribution in [3.05, 3.63) is 17.7 Å². The molecule has 1 aromatic heterocycles. The third-order valence-corrected chi connectivity index (χ3v) is 5.85.